The van der Waals surface area contributed by atoms with E-state index in [-0.39, 0.29) is 6.42 Å². The van der Waals surface area contributed by atoms with Gasteiger partial charge in [0, 0.05) is 0 Å². The van der Waals surface area contributed by atoms with Crippen molar-refractivity contribution in [1.82, 2.24) is 5.43 Å². The van der Waals surface area contributed by atoms with E-state index in [1.54, 1.807) is 12.1 Å². The number of halogens is 3. The second kappa shape index (κ2) is 5.32. The fourth-order valence-corrected chi connectivity index (χ4v) is 2.85. The van der Waals surface area contributed by atoms with E-state index in [0.717, 1.165) is 6.42 Å². The highest BCUT2D eigenvalue weighted by Gasteiger charge is 2.48. The highest BCUT2D eigenvalue weighted by atomic mass is 19.4. The minimum atomic E-state index is -4.17. The molecule has 0 bridgehead atoms. The van der Waals surface area contributed by atoms with Gasteiger partial charge in [0.2, 0.25) is 0 Å². The van der Waals surface area contributed by atoms with Gasteiger partial charge in [0.05, 0.1) is 18.2 Å². The molecule has 1 saturated carbocycles. The molecule has 3 N–H and O–H groups in total. The molecular weight excluding hydrogens is 245 g/mol. The van der Waals surface area contributed by atoms with Gasteiger partial charge in [-0.3, -0.25) is 5.84 Å². The summed E-state index contributed by atoms with van der Waals surface area (Å²) >= 11 is 0. The minimum absolute atomic E-state index is 0.174. The van der Waals surface area contributed by atoms with Crippen molar-refractivity contribution in [3.63, 3.8) is 0 Å². The molecule has 18 heavy (non-hydrogen) atoms. The average Bonchev–Trinajstić information content (AvgIpc) is 2.83. The van der Waals surface area contributed by atoms with Gasteiger partial charge in [0.15, 0.2) is 0 Å². The molecule has 2 rings (SSSR count). The molecular formula is C12H17F3N2O. The number of rotatable bonds is 3. The molecule has 1 aromatic rings. The van der Waals surface area contributed by atoms with Crippen LogP contribution in [0.1, 0.15) is 37.5 Å². The van der Waals surface area contributed by atoms with Gasteiger partial charge in [0.1, 0.15) is 5.76 Å². The first kappa shape index (κ1) is 13.4. The van der Waals surface area contributed by atoms with Gasteiger partial charge in [-0.25, -0.2) is 5.43 Å². The van der Waals surface area contributed by atoms with E-state index in [1.807, 2.05) is 0 Å². The zero-order chi connectivity index (χ0) is 13.2. The van der Waals surface area contributed by atoms with Crippen LogP contribution in [0, 0.1) is 11.8 Å². The third kappa shape index (κ3) is 2.70. The molecule has 1 aliphatic carbocycles. The first-order valence-electron chi connectivity index (χ1n) is 6.10. The Morgan fingerprint density at radius 2 is 2.06 bits per heavy atom. The maximum Gasteiger partial charge on any atom is 0.392 e. The Balaban J connectivity index is 2.22. The number of nitrogens with two attached hydrogens (primary N) is 1. The van der Waals surface area contributed by atoms with Crippen molar-refractivity contribution in [3.8, 4) is 0 Å². The quantitative estimate of drug-likeness (QED) is 0.650. The zero-order valence-corrected chi connectivity index (χ0v) is 9.91. The van der Waals surface area contributed by atoms with Gasteiger partial charge in [-0.05, 0) is 30.9 Å². The lowest BCUT2D eigenvalue weighted by Crippen LogP contribution is -2.42. The molecule has 0 radical (unpaired) electrons. The summed E-state index contributed by atoms with van der Waals surface area (Å²) < 4.78 is 44.3. The SMILES string of the molecule is NNC(c1ccco1)C1CCCCC1C(F)(F)F. The molecule has 1 aromatic heterocycles. The molecule has 0 amide bonds. The first-order chi connectivity index (χ1) is 8.54. The number of hydrazine groups is 1. The van der Waals surface area contributed by atoms with Crippen LogP contribution in [0.15, 0.2) is 22.8 Å². The van der Waals surface area contributed by atoms with Gasteiger partial charge in [0.25, 0.3) is 0 Å². The van der Waals surface area contributed by atoms with Crippen LogP contribution in [0.4, 0.5) is 13.2 Å². The Bertz CT molecular complexity index is 364. The molecule has 0 spiro atoms. The fraction of sp³-hybridized carbons (Fsp3) is 0.667. The van der Waals surface area contributed by atoms with E-state index in [1.165, 1.54) is 6.26 Å². The van der Waals surface area contributed by atoms with Crippen LogP contribution < -0.4 is 11.3 Å². The van der Waals surface area contributed by atoms with Crippen molar-refractivity contribution in [2.24, 2.45) is 17.7 Å². The average molecular weight is 262 g/mol. The molecule has 102 valence electrons. The number of nitrogens with one attached hydrogen (secondary N) is 1. The molecule has 0 saturated heterocycles. The highest BCUT2D eigenvalue weighted by molar-refractivity contribution is 5.07. The standard InChI is InChI=1S/C12H17F3N2O/c13-12(14,15)9-5-2-1-4-8(9)11(17-16)10-6-3-7-18-10/h3,6-9,11,17H,1-2,4-5,16H2. The molecule has 1 aliphatic rings. The van der Waals surface area contributed by atoms with Crippen LogP contribution in [0.5, 0.6) is 0 Å². The Hall–Kier alpha value is -1.01. The molecule has 6 heteroatoms. The van der Waals surface area contributed by atoms with Gasteiger partial charge < -0.3 is 4.42 Å². The van der Waals surface area contributed by atoms with E-state index >= 15 is 0 Å². The Morgan fingerprint density at radius 3 is 2.61 bits per heavy atom. The second-order valence-electron chi connectivity index (χ2n) is 4.76. The van der Waals surface area contributed by atoms with Crippen LogP contribution in [0.25, 0.3) is 0 Å². The molecule has 3 nitrogen and oxygen atoms in total. The first-order valence-corrected chi connectivity index (χ1v) is 6.10. The van der Waals surface area contributed by atoms with Crippen molar-refractivity contribution in [1.29, 1.82) is 0 Å². The maximum atomic E-state index is 13.0. The van der Waals surface area contributed by atoms with Crippen molar-refractivity contribution in [2.45, 2.75) is 37.9 Å². The summed E-state index contributed by atoms with van der Waals surface area (Å²) in [6, 6.07) is 2.74. The molecule has 1 fully saturated rings. The van der Waals surface area contributed by atoms with Crippen LogP contribution in [-0.4, -0.2) is 6.18 Å². The fourth-order valence-electron chi connectivity index (χ4n) is 2.85. The third-order valence-corrected chi connectivity index (χ3v) is 3.70. The lowest BCUT2D eigenvalue weighted by atomic mass is 9.74. The summed E-state index contributed by atoms with van der Waals surface area (Å²) in [5, 5.41) is 0. The van der Waals surface area contributed by atoms with Gasteiger partial charge in [-0.15, -0.1) is 0 Å². The second-order valence-corrected chi connectivity index (χ2v) is 4.76. The van der Waals surface area contributed by atoms with Crippen LogP contribution in [0.2, 0.25) is 0 Å². The van der Waals surface area contributed by atoms with Crippen LogP contribution >= 0.6 is 0 Å². The minimum Gasteiger partial charge on any atom is -0.468 e. The number of hydrogen-bond donors (Lipinski definition) is 2. The number of alkyl halides is 3. The monoisotopic (exact) mass is 262 g/mol. The smallest absolute Gasteiger partial charge is 0.392 e. The highest BCUT2D eigenvalue weighted by Crippen LogP contribution is 2.46. The van der Waals surface area contributed by atoms with Gasteiger partial charge in [-0.1, -0.05) is 12.8 Å². The molecule has 3 atom stereocenters. The topological polar surface area (TPSA) is 51.2 Å². The Morgan fingerprint density at radius 1 is 1.33 bits per heavy atom. The van der Waals surface area contributed by atoms with Crippen molar-refractivity contribution < 1.29 is 17.6 Å². The normalized spacial score (nSPS) is 27.1. The van der Waals surface area contributed by atoms with Crippen molar-refractivity contribution in [3.05, 3.63) is 24.2 Å². The molecule has 1 heterocycles. The Kier molecular flexibility index (Phi) is 3.97. The van der Waals surface area contributed by atoms with Crippen molar-refractivity contribution in [2.75, 3.05) is 0 Å². The maximum absolute atomic E-state index is 13.0. The largest absolute Gasteiger partial charge is 0.468 e. The van der Waals surface area contributed by atoms with E-state index in [0.29, 0.717) is 18.6 Å². The third-order valence-electron chi connectivity index (χ3n) is 3.70. The summed E-state index contributed by atoms with van der Waals surface area (Å²) in [6.07, 6.45) is -0.614. The summed E-state index contributed by atoms with van der Waals surface area (Å²) in [4.78, 5) is 0. The molecule has 0 aromatic carbocycles. The predicted octanol–water partition coefficient (Wildman–Crippen LogP) is 3.15. The summed E-state index contributed by atoms with van der Waals surface area (Å²) in [5.41, 5.74) is 2.48. The Labute approximate surface area is 103 Å². The summed E-state index contributed by atoms with van der Waals surface area (Å²) in [6.45, 7) is 0. The number of furan rings is 1. The molecule has 0 aliphatic heterocycles. The lowest BCUT2D eigenvalue weighted by molar-refractivity contribution is -0.200. The van der Waals surface area contributed by atoms with E-state index in [2.05, 4.69) is 5.43 Å². The van der Waals surface area contributed by atoms with E-state index < -0.39 is 24.1 Å². The molecule has 3 unspecified atom stereocenters. The lowest BCUT2D eigenvalue weighted by Gasteiger charge is -2.36. The zero-order valence-electron chi connectivity index (χ0n) is 9.91. The summed E-state index contributed by atoms with van der Waals surface area (Å²) in [5.74, 6) is 4.03. The van der Waals surface area contributed by atoms with Gasteiger partial charge >= 0.3 is 6.18 Å². The number of hydrogen-bond acceptors (Lipinski definition) is 3. The van der Waals surface area contributed by atoms with Crippen LogP contribution in [0.3, 0.4) is 0 Å². The summed E-state index contributed by atoms with van der Waals surface area (Å²) in [7, 11) is 0. The van der Waals surface area contributed by atoms with Gasteiger partial charge in [-0.2, -0.15) is 13.2 Å². The van der Waals surface area contributed by atoms with Crippen LogP contribution in [-0.2, 0) is 0 Å². The predicted molar refractivity (Wildman–Crippen MR) is 60.3 cm³/mol. The van der Waals surface area contributed by atoms with Crippen molar-refractivity contribution >= 4 is 0 Å². The van der Waals surface area contributed by atoms with E-state index in [4.69, 9.17) is 10.3 Å². The van der Waals surface area contributed by atoms with E-state index in [9.17, 15) is 13.2 Å².